The number of aromatic nitrogens is 2. The van der Waals surface area contributed by atoms with E-state index >= 15 is 0 Å². The SMILES string of the molecule is CCn1c(=O)sc2ccccc21.Cn1c(=NN)sc2cc3ccccc3cc21. The molecule has 5 rings (SSSR count). The van der Waals surface area contributed by atoms with E-state index in [1.165, 1.54) is 32.3 Å². The van der Waals surface area contributed by atoms with Crippen molar-refractivity contribution < 1.29 is 0 Å². The molecule has 0 bridgehead atoms. The molecule has 5 aromatic rings. The standard InChI is InChI=1S/C12H11N3S.C9H9NOS/c1-15-10-6-8-4-2-3-5-9(8)7-11(10)16-12(15)14-13;1-2-10-7-5-3-4-6-8(7)12-9(10)11/h2-7H,13H2,1H3;3-6H,2H2,1H3. The summed E-state index contributed by atoms with van der Waals surface area (Å²) >= 11 is 2.92. The summed E-state index contributed by atoms with van der Waals surface area (Å²) in [6, 6.07) is 20.6. The Labute approximate surface area is 169 Å². The monoisotopic (exact) mass is 408 g/mol. The third-order valence-electron chi connectivity index (χ3n) is 4.68. The summed E-state index contributed by atoms with van der Waals surface area (Å²) in [5, 5.41) is 6.27. The van der Waals surface area contributed by atoms with Gasteiger partial charge in [0.2, 0.25) is 4.80 Å². The second-order valence-corrected chi connectivity index (χ2v) is 8.32. The number of hydrogen-bond acceptors (Lipinski definition) is 5. The van der Waals surface area contributed by atoms with Crippen molar-refractivity contribution >= 4 is 53.9 Å². The van der Waals surface area contributed by atoms with Crippen LogP contribution in [0.3, 0.4) is 0 Å². The fourth-order valence-corrected chi connectivity index (χ4v) is 5.17. The Morgan fingerprint density at radius 2 is 1.61 bits per heavy atom. The van der Waals surface area contributed by atoms with Gasteiger partial charge in [-0.3, -0.25) is 9.36 Å². The molecular weight excluding hydrogens is 388 g/mol. The van der Waals surface area contributed by atoms with Crippen molar-refractivity contribution in [2.75, 3.05) is 0 Å². The Kier molecular flexibility index (Phi) is 5.02. The maximum absolute atomic E-state index is 11.4. The van der Waals surface area contributed by atoms with E-state index in [0.717, 1.165) is 21.6 Å². The summed E-state index contributed by atoms with van der Waals surface area (Å²) in [5.74, 6) is 5.35. The third-order valence-corrected chi connectivity index (χ3v) is 6.75. The summed E-state index contributed by atoms with van der Waals surface area (Å²) in [6.07, 6.45) is 0. The van der Waals surface area contributed by atoms with Crippen LogP contribution in [0.25, 0.3) is 31.2 Å². The largest absolute Gasteiger partial charge is 0.320 e. The van der Waals surface area contributed by atoms with Crippen molar-refractivity contribution in [3.8, 4) is 0 Å². The van der Waals surface area contributed by atoms with Crippen LogP contribution in [-0.4, -0.2) is 9.13 Å². The van der Waals surface area contributed by atoms with Crippen molar-refractivity contribution in [3.63, 3.8) is 0 Å². The number of thiazole rings is 2. The predicted octanol–water partition coefficient (Wildman–Crippen LogP) is 4.25. The first-order chi connectivity index (χ1) is 13.6. The van der Waals surface area contributed by atoms with Crippen molar-refractivity contribution in [1.82, 2.24) is 9.13 Å². The molecule has 0 saturated carbocycles. The fourth-order valence-electron chi connectivity index (χ4n) is 3.25. The number of para-hydroxylation sites is 1. The number of hydrogen-bond donors (Lipinski definition) is 1. The zero-order valence-corrected chi connectivity index (χ0v) is 17.3. The molecule has 0 aliphatic rings. The van der Waals surface area contributed by atoms with Crippen LogP contribution in [0, 0.1) is 0 Å². The van der Waals surface area contributed by atoms with Gasteiger partial charge in [-0.2, -0.15) is 5.10 Å². The number of aryl methyl sites for hydroxylation is 2. The van der Waals surface area contributed by atoms with E-state index < -0.39 is 0 Å². The number of benzene rings is 3. The van der Waals surface area contributed by atoms with Gasteiger partial charge in [-0.05, 0) is 42.0 Å². The molecule has 0 fully saturated rings. The Morgan fingerprint density at radius 3 is 2.32 bits per heavy atom. The lowest BCUT2D eigenvalue weighted by Gasteiger charge is -1.99. The number of fused-ring (bicyclic) bond motifs is 3. The van der Waals surface area contributed by atoms with Gasteiger partial charge in [0.15, 0.2) is 0 Å². The molecule has 3 aromatic carbocycles. The van der Waals surface area contributed by atoms with E-state index in [0.29, 0.717) is 0 Å². The molecule has 7 heteroatoms. The highest BCUT2D eigenvalue weighted by Crippen LogP contribution is 2.24. The number of rotatable bonds is 1. The minimum atomic E-state index is 0.138. The van der Waals surface area contributed by atoms with Crippen molar-refractivity contribution in [3.05, 3.63) is 75.1 Å². The molecule has 2 aromatic heterocycles. The number of nitrogens with two attached hydrogens (primary N) is 1. The molecule has 0 radical (unpaired) electrons. The molecule has 142 valence electrons. The first-order valence-corrected chi connectivity index (χ1v) is 10.6. The summed E-state index contributed by atoms with van der Waals surface area (Å²) < 4.78 is 6.10. The van der Waals surface area contributed by atoms with Gasteiger partial charge in [-0.25, -0.2) is 0 Å². The minimum absolute atomic E-state index is 0.138. The molecule has 28 heavy (non-hydrogen) atoms. The highest BCUT2D eigenvalue weighted by atomic mass is 32.1. The van der Waals surface area contributed by atoms with E-state index in [9.17, 15) is 4.79 Å². The molecule has 2 heterocycles. The molecule has 0 aliphatic heterocycles. The normalized spacial score (nSPS) is 11.9. The van der Waals surface area contributed by atoms with Crippen LogP contribution in [0.15, 0.2) is 70.6 Å². The lowest BCUT2D eigenvalue weighted by atomic mass is 10.1. The van der Waals surface area contributed by atoms with Crippen LogP contribution < -0.4 is 15.5 Å². The third kappa shape index (κ3) is 3.23. The van der Waals surface area contributed by atoms with Crippen LogP contribution in [0.4, 0.5) is 0 Å². The summed E-state index contributed by atoms with van der Waals surface area (Å²) in [6.45, 7) is 2.74. The van der Waals surface area contributed by atoms with Crippen LogP contribution in [-0.2, 0) is 13.6 Å². The van der Waals surface area contributed by atoms with E-state index in [4.69, 9.17) is 5.84 Å². The Morgan fingerprint density at radius 1 is 0.929 bits per heavy atom. The van der Waals surface area contributed by atoms with Crippen LogP contribution in [0.1, 0.15) is 6.92 Å². The quantitative estimate of drug-likeness (QED) is 0.333. The second-order valence-electron chi connectivity index (χ2n) is 6.32. The van der Waals surface area contributed by atoms with E-state index in [1.54, 1.807) is 15.9 Å². The lowest BCUT2D eigenvalue weighted by molar-refractivity contribution is 0.778. The van der Waals surface area contributed by atoms with Gasteiger partial charge < -0.3 is 10.4 Å². The first kappa shape index (κ1) is 18.5. The van der Waals surface area contributed by atoms with Crippen LogP contribution in [0.2, 0.25) is 0 Å². The molecule has 0 atom stereocenters. The maximum atomic E-state index is 11.4. The second kappa shape index (κ2) is 7.61. The van der Waals surface area contributed by atoms with Crippen molar-refractivity contribution in [2.45, 2.75) is 13.5 Å². The summed E-state index contributed by atoms with van der Waals surface area (Å²) in [5.41, 5.74) is 2.22. The Bertz CT molecular complexity index is 1410. The minimum Gasteiger partial charge on any atom is -0.320 e. The van der Waals surface area contributed by atoms with Gasteiger partial charge in [0, 0.05) is 13.6 Å². The zero-order valence-electron chi connectivity index (χ0n) is 15.6. The molecule has 0 amide bonds. The molecule has 0 unspecified atom stereocenters. The first-order valence-electron chi connectivity index (χ1n) is 8.93. The Hall–Kier alpha value is -2.90. The van der Waals surface area contributed by atoms with Gasteiger partial charge >= 0.3 is 4.87 Å². The topological polar surface area (TPSA) is 65.3 Å². The highest BCUT2D eigenvalue weighted by Gasteiger charge is 2.04. The van der Waals surface area contributed by atoms with Gasteiger partial charge in [-0.15, -0.1) is 0 Å². The average molecular weight is 409 g/mol. The highest BCUT2D eigenvalue weighted by molar-refractivity contribution is 7.16. The van der Waals surface area contributed by atoms with Crippen LogP contribution >= 0.6 is 22.7 Å². The molecule has 0 saturated heterocycles. The maximum Gasteiger partial charge on any atom is 0.308 e. The van der Waals surface area contributed by atoms with E-state index in [-0.39, 0.29) is 4.87 Å². The lowest BCUT2D eigenvalue weighted by Crippen LogP contribution is -2.12. The molecule has 5 nitrogen and oxygen atoms in total. The predicted molar refractivity (Wildman–Crippen MR) is 120 cm³/mol. The fraction of sp³-hybridized carbons (Fsp3) is 0.143. The van der Waals surface area contributed by atoms with Crippen molar-refractivity contribution in [2.24, 2.45) is 18.0 Å². The van der Waals surface area contributed by atoms with Gasteiger partial charge in [0.25, 0.3) is 0 Å². The zero-order chi connectivity index (χ0) is 19.7. The molecule has 2 N–H and O–H groups in total. The molecule has 0 spiro atoms. The molecule has 0 aliphatic carbocycles. The summed E-state index contributed by atoms with van der Waals surface area (Å²) in [7, 11) is 1.99. The van der Waals surface area contributed by atoms with Gasteiger partial charge in [0.1, 0.15) is 0 Å². The van der Waals surface area contributed by atoms with E-state index in [1.807, 2.05) is 42.8 Å². The average Bonchev–Trinajstić information content (AvgIpc) is 3.22. The summed E-state index contributed by atoms with van der Waals surface area (Å²) in [4.78, 5) is 12.3. The van der Waals surface area contributed by atoms with Crippen LogP contribution in [0.5, 0.6) is 0 Å². The smallest absolute Gasteiger partial charge is 0.308 e. The Balaban J connectivity index is 0.000000143. The number of nitrogens with zero attached hydrogens (tertiary/aromatic N) is 3. The van der Waals surface area contributed by atoms with Gasteiger partial charge in [0.05, 0.1) is 20.4 Å². The van der Waals surface area contributed by atoms with E-state index in [2.05, 4.69) is 41.5 Å². The molecular formula is C21H20N4OS2. The van der Waals surface area contributed by atoms with Gasteiger partial charge in [-0.1, -0.05) is 59.1 Å². The van der Waals surface area contributed by atoms with Crippen molar-refractivity contribution in [1.29, 1.82) is 0 Å².